The number of hydrogen-bond acceptors (Lipinski definition) is 4. The average molecular weight is 405 g/mol. The highest BCUT2D eigenvalue weighted by atomic mass is 35.5. The standard InChI is InChI=1S/C20H18Cl2N2O3/c1-12(2)18(24-19(25)16-7-6-15(21)9-17(16)22)20(26)27-11-14-5-3-4-13(8-14)10-23/h3-9,12,18H,11H2,1-2H3,(H,24,25)/t18-/m0/s1. The minimum absolute atomic E-state index is 0.00907. The third-order valence-corrected chi connectivity index (χ3v) is 4.37. The first-order valence-corrected chi connectivity index (χ1v) is 8.99. The van der Waals surface area contributed by atoms with Crippen molar-refractivity contribution in [1.82, 2.24) is 5.32 Å². The average Bonchev–Trinajstić information content (AvgIpc) is 2.63. The maximum Gasteiger partial charge on any atom is 0.329 e. The largest absolute Gasteiger partial charge is 0.459 e. The van der Waals surface area contributed by atoms with Crippen LogP contribution in [-0.2, 0) is 16.1 Å². The van der Waals surface area contributed by atoms with Gasteiger partial charge in [0.2, 0.25) is 0 Å². The molecule has 5 nitrogen and oxygen atoms in total. The Morgan fingerprint density at radius 1 is 1.19 bits per heavy atom. The van der Waals surface area contributed by atoms with Gasteiger partial charge in [0.15, 0.2) is 0 Å². The number of ether oxygens (including phenoxy) is 1. The van der Waals surface area contributed by atoms with Crippen LogP contribution in [0.2, 0.25) is 10.0 Å². The van der Waals surface area contributed by atoms with Gasteiger partial charge < -0.3 is 10.1 Å². The minimum Gasteiger partial charge on any atom is -0.459 e. The van der Waals surface area contributed by atoms with Crippen LogP contribution in [0.1, 0.15) is 35.3 Å². The molecule has 0 aliphatic rings. The Morgan fingerprint density at radius 2 is 1.93 bits per heavy atom. The van der Waals surface area contributed by atoms with E-state index in [0.29, 0.717) is 16.1 Å². The fourth-order valence-corrected chi connectivity index (χ4v) is 2.86. The van der Waals surface area contributed by atoms with E-state index in [1.165, 1.54) is 12.1 Å². The predicted molar refractivity (Wildman–Crippen MR) is 104 cm³/mol. The van der Waals surface area contributed by atoms with E-state index < -0.39 is 17.9 Å². The van der Waals surface area contributed by atoms with Crippen LogP contribution in [0, 0.1) is 17.2 Å². The molecule has 0 radical (unpaired) electrons. The molecule has 0 saturated carbocycles. The lowest BCUT2D eigenvalue weighted by molar-refractivity contribution is -0.148. The quantitative estimate of drug-likeness (QED) is 0.725. The van der Waals surface area contributed by atoms with Crippen LogP contribution < -0.4 is 5.32 Å². The normalized spacial score (nSPS) is 11.6. The van der Waals surface area contributed by atoms with Crippen molar-refractivity contribution in [2.75, 3.05) is 0 Å². The smallest absolute Gasteiger partial charge is 0.329 e. The lowest BCUT2D eigenvalue weighted by Gasteiger charge is -2.21. The van der Waals surface area contributed by atoms with Crippen molar-refractivity contribution in [1.29, 1.82) is 5.26 Å². The molecule has 0 aliphatic carbocycles. The van der Waals surface area contributed by atoms with E-state index >= 15 is 0 Å². The molecule has 140 valence electrons. The molecule has 2 rings (SSSR count). The van der Waals surface area contributed by atoms with Crippen LogP contribution >= 0.6 is 23.2 Å². The SMILES string of the molecule is CC(C)[C@H](NC(=O)c1ccc(Cl)cc1Cl)C(=O)OCc1cccc(C#N)c1. The first kappa shape index (κ1) is 20.8. The number of carbonyl (C=O) groups excluding carboxylic acids is 2. The predicted octanol–water partition coefficient (Wildman–Crippen LogP) is 4.36. The van der Waals surface area contributed by atoms with Crippen LogP contribution in [0.4, 0.5) is 0 Å². The molecular formula is C20H18Cl2N2O3. The number of carbonyl (C=O) groups is 2. The van der Waals surface area contributed by atoms with Crippen molar-refractivity contribution in [3.63, 3.8) is 0 Å². The number of hydrogen-bond donors (Lipinski definition) is 1. The molecule has 0 unspecified atom stereocenters. The second kappa shape index (κ2) is 9.40. The maximum absolute atomic E-state index is 12.5. The van der Waals surface area contributed by atoms with E-state index in [2.05, 4.69) is 5.32 Å². The maximum atomic E-state index is 12.5. The molecule has 0 saturated heterocycles. The summed E-state index contributed by atoms with van der Waals surface area (Å²) < 4.78 is 5.32. The number of nitriles is 1. The molecule has 0 fully saturated rings. The van der Waals surface area contributed by atoms with Crippen molar-refractivity contribution < 1.29 is 14.3 Å². The molecule has 27 heavy (non-hydrogen) atoms. The van der Waals surface area contributed by atoms with E-state index in [1.54, 1.807) is 44.2 Å². The molecule has 1 amide bonds. The molecule has 2 aromatic rings. The van der Waals surface area contributed by atoms with E-state index in [9.17, 15) is 9.59 Å². The summed E-state index contributed by atoms with van der Waals surface area (Å²) in [5, 5.41) is 12.2. The Balaban J connectivity index is 2.06. The molecule has 0 heterocycles. The Hall–Kier alpha value is -2.55. The lowest BCUT2D eigenvalue weighted by atomic mass is 10.0. The van der Waals surface area contributed by atoms with Crippen molar-refractivity contribution in [2.45, 2.75) is 26.5 Å². The molecular weight excluding hydrogens is 387 g/mol. The first-order chi connectivity index (χ1) is 12.8. The summed E-state index contributed by atoms with van der Waals surface area (Å²) in [4.78, 5) is 24.9. The highest BCUT2D eigenvalue weighted by molar-refractivity contribution is 6.36. The van der Waals surface area contributed by atoms with Gasteiger partial charge in [-0.25, -0.2) is 4.79 Å². The van der Waals surface area contributed by atoms with Gasteiger partial charge in [-0.3, -0.25) is 4.79 Å². The Labute approximate surface area is 167 Å². The minimum atomic E-state index is -0.844. The summed E-state index contributed by atoms with van der Waals surface area (Å²) >= 11 is 11.9. The zero-order valence-electron chi connectivity index (χ0n) is 14.8. The Bertz CT molecular complexity index is 891. The molecule has 1 atom stereocenters. The highest BCUT2D eigenvalue weighted by Crippen LogP contribution is 2.21. The molecule has 7 heteroatoms. The third kappa shape index (κ3) is 5.72. The fraction of sp³-hybridized carbons (Fsp3) is 0.250. The number of esters is 1. The zero-order chi connectivity index (χ0) is 20.0. The number of benzene rings is 2. The highest BCUT2D eigenvalue weighted by Gasteiger charge is 2.27. The Kier molecular flexibility index (Phi) is 7.23. The number of rotatable bonds is 6. The van der Waals surface area contributed by atoms with Gasteiger partial charge in [-0.1, -0.05) is 49.2 Å². The van der Waals surface area contributed by atoms with Crippen LogP contribution in [0.5, 0.6) is 0 Å². The molecule has 1 N–H and O–H groups in total. The zero-order valence-corrected chi connectivity index (χ0v) is 16.3. The van der Waals surface area contributed by atoms with Crippen molar-refractivity contribution in [2.24, 2.45) is 5.92 Å². The third-order valence-electron chi connectivity index (χ3n) is 3.82. The topological polar surface area (TPSA) is 79.2 Å². The van der Waals surface area contributed by atoms with Gasteiger partial charge in [0.25, 0.3) is 5.91 Å². The van der Waals surface area contributed by atoms with E-state index in [4.69, 9.17) is 33.2 Å². The van der Waals surface area contributed by atoms with Crippen LogP contribution in [0.3, 0.4) is 0 Å². The second-order valence-corrected chi connectivity index (χ2v) is 7.08. The van der Waals surface area contributed by atoms with Crippen LogP contribution in [0.15, 0.2) is 42.5 Å². The monoisotopic (exact) mass is 404 g/mol. The molecule has 2 aromatic carbocycles. The number of halogens is 2. The summed E-state index contributed by atoms with van der Waals surface area (Å²) in [6.07, 6.45) is 0. The van der Waals surface area contributed by atoms with Crippen molar-refractivity contribution in [3.05, 3.63) is 69.2 Å². The van der Waals surface area contributed by atoms with Crippen molar-refractivity contribution >= 4 is 35.1 Å². The molecule has 0 spiro atoms. The van der Waals surface area contributed by atoms with Gasteiger partial charge in [-0.2, -0.15) is 5.26 Å². The van der Waals surface area contributed by atoms with E-state index in [0.717, 1.165) is 0 Å². The van der Waals surface area contributed by atoms with Gasteiger partial charge in [0.1, 0.15) is 12.6 Å². The summed E-state index contributed by atoms with van der Waals surface area (Å²) in [6.45, 7) is 3.60. The molecule has 0 aromatic heterocycles. The molecule has 0 bridgehead atoms. The summed E-state index contributed by atoms with van der Waals surface area (Å²) in [6, 6.07) is 12.5. The van der Waals surface area contributed by atoms with E-state index in [-0.39, 0.29) is 23.1 Å². The van der Waals surface area contributed by atoms with Crippen LogP contribution in [0.25, 0.3) is 0 Å². The van der Waals surface area contributed by atoms with E-state index in [1.807, 2.05) is 6.07 Å². The van der Waals surface area contributed by atoms with Crippen LogP contribution in [-0.4, -0.2) is 17.9 Å². The summed E-state index contributed by atoms with van der Waals surface area (Å²) in [5.41, 5.74) is 1.40. The van der Waals surface area contributed by atoms with Gasteiger partial charge in [0, 0.05) is 5.02 Å². The molecule has 0 aliphatic heterocycles. The van der Waals surface area contributed by atoms with Gasteiger partial charge in [-0.15, -0.1) is 0 Å². The van der Waals surface area contributed by atoms with Gasteiger partial charge in [-0.05, 0) is 41.8 Å². The van der Waals surface area contributed by atoms with Gasteiger partial charge >= 0.3 is 5.97 Å². The first-order valence-electron chi connectivity index (χ1n) is 8.23. The number of nitrogens with zero attached hydrogens (tertiary/aromatic N) is 1. The summed E-state index contributed by atoms with van der Waals surface area (Å²) in [7, 11) is 0. The number of amides is 1. The lowest BCUT2D eigenvalue weighted by Crippen LogP contribution is -2.45. The fourth-order valence-electron chi connectivity index (χ4n) is 2.37. The number of nitrogens with one attached hydrogen (secondary N) is 1. The van der Waals surface area contributed by atoms with Gasteiger partial charge in [0.05, 0.1) is 22.2 Å². The second-order valence-electron chi connectivity index (χ2n) is 6.24. The van der Waals surface area contributed by atoms with Crippen molar-refractivity contribution in [3.8, 4) is 6.07 Å². The Morgan fingerprint density at radius 3 is 2.56 bits per heavy atom. The summed E-state index contributed by atoms with van der Waals surface area (Å²) in [5.74, 6) is -1.25.